The maximum Gasteiger partial charge on any atom is 0.470 e. The Hall–Kier alpha value is -2.34. The number of amides is 2. The van der Waals surface area contributed by atoms with Crippen LogP contribution in [-0.4, -0.2) is 55.4 Å². The van der Waals surface area contributed by atoms with Gasteiger partial charge < -0.3 is 14.2 Å². The van der Waals surface area contributed by atoms with Gasteiger partial charge in [-0.2, -0.15) is 17.5 Å². The Labute approximate surface area is 174 Å². The topological polar surface area (TPSA) is 74.3 Å². The number of halogens is 3. The highest BCUT2D eigenvalue weighted by molar-refractivity contribution is 7.95. The zero-order valence-electron chi connectivity index (χ0n) is 15.9. The molecule has 0 N–H and O–H groups in total. The second-order valence-corrected chi connectivity index (χ2v) is 6.78. The molecular weight excluding hydrogens is 427 g/mol. The number of hydroxylamine groups is 2. The van der Waals surface area contributed by atoms with E-state index in [4.69, 9.17) is 14.2 Å². The minimum Gasteiger partial charge on any atom is -0.491 e. The maximum absolute atomic E-state index is 12.6. The molecule has 1 heterocycles. The van der Waals surface area contributed by atoms with Crippen LogP contribution in [0, 0.1) is 0 Å². The van der Waals surface area contributed by atoms with E-state index in [0.717, 1.165) is 0 Å². The molecule has 1 aliphatic heterocycles. The fourth-order valence-corrected chi connectivity index (χ4v) is 3.19. The second-order valence-electron chi connectivity index (χ2n) is 6.01. The van der Waals surface area contributed by atoms with Gasteiger partial charge in [0, 0.05) is 17.4 Å². The third kappa shape index (κ3) is 5.04. The Morgan fingerprint density at radius 2 is 1.60 bits per heavy atom. The predicted molar refractivity (Wildman–Crippen MR) is 102 cm³/mol. The molecule has 2 amide bonds. The van der Waals surface area contributed by atoms with Crippen molar-refractivity contribution >= 4 is 34.6 Å². The highest BCUT2D eigenvalue weighted by atomic mass is 32.2. The van der Waals surface area contributed by atoms with Crippen molar-refractivity contribution in [3.05, 3.63) is 41.5 Å². The van der Waals surface area contributed by atoms with Crippen LogP contribution in [0.1, 0.15) is 27.6 Å². The fourth-order valence-electron chi connectivity index (χ4n) is 2.90. The van der Waals surface area contributed by atoms with Gasteiger partial charge in [0.25, 0.3) is 11.8 Å². The summed E-state index contributed by atoms with van der Waals surface area (Å²) in [5, 5.41) is 0.908. The first-order valence-corrected chi connectivity index (χ1v) is 9.73. The van der Waals surface area contributed by atoms with Crippen LogP contribution in [0.15, 0.2) is 30.3 Å². The third-order valence-corrected chi connectivity index (χ3v) is 4.51. The molecule has 11 heteroatoms. The van der Waals surface area contributed by atoms with E-state index in [1.165, 1.54) is 18.2 Å². The van der Waals surface area contributed by atoms with E-state index in [-0.39, 0.29) is 22.8 Å². The lowest BCUT2D eigenvalue weighted by Crippen LogP contribution is -2.39. The molecule has 0 saturated carbocycles. The predicted octanol–water partition coefficient (Wildman–Crippen LogP) is 3.97. The summed E-state index contributed by atoms with van der Waals surface area (Å²) < 4.78 is 57.9. The van der Waals surface area contributed by atoms with Crippen molar-refractivity contribution in [2.45, 2.75) is 12.4 Å². The zero-order valence-corrected chi connectivity index (χ0v) is 16.7. The van der Waals surface area contributed by atoms with Crippen LogP contribution in [0.5, 0.6) is 5.75 Å². The molecule has 0 saturated heterocycles. The van der Waals surface area contributed by atoms with E-state index in [9.17, 15) is 22.8 Å². The number of alkyl halides is 3. The van der Waals surface area contributed by atoms with Crippen molar-refractivity contribution in [2.75, 3.05) is 33.0 Å². The van der Waals surface area contributed by atoms with E-state index in [1.807, 2.05) is 6.92 Å². The highest BCUT2D eigenvalue weighted by Crippen LogP contribution is 2.38. The van der Waals surface area contributed by atoms with Gasteiger partial charge in [0.05, 0.1) is 30.9 Å². The largest absolute Gasteiger partial charge is 0.491 e. The average Bonchev–Trinajstić information content (AvgIpc) is 2.70. The summed E-state index contributed by atoms with van der Waals surface area (Å²) in [5.74, 6) is -1.54. The Morgan fingerprint density at radius 1 is 0.933 bits per heavy atom. The zero-order chi connectivity index (χ0) is 21.7. The summed E-state index contributed by atoms with van der Waals surface area (Å²) in [6.07, 6.45) is 0. The molecule has 3 rings (SSSR count). The molecule has 0 aliphatic carbocycles. The first-order chi connectivity index (χ1) is 14.3. The molecule has 1 aliphatic rings. The van der Waals surface area contributed by atoms with Crippen molar-refractivity contribution < 1.29 is 41.3 Å². The molecule has 0 radical (unpaired) electrons. The van der Waals surface area contributed by atoms with Crippen LogP contribution in [-0.2, 0) is 13.8 Å². The Morgan fingerprint density at radius 3 is 2.30 bits per heavy atom. The standard InChI is InChI=1S/C19H18F3NO6S/c1-2-26-8-9-27-10-11-28-15-7-6-14-16-12(15)4-3-5-13(16)17(24)23(18(14)25)29-30-19(20,21)22/h3-7H,2,8-11H2,1H3. The van der Waals surface area contributed by atoms with Crippen LogP contribution in [0.4, 0.5) is 13.2 Å². The summed E-state index contributed by atoms with van der Waals surface area (Å²) in [5.41, 5.74) is -4.68. The van der Waals surface area contributed by atoms with E-state index < -0.39 is 29.4 Å². The molecule has 162 valence electrons. The van der Waals surface area contributed by atoms with Gasteiger partial charge in [-0.25, -0.2) is 0 Å². The number of hydrogen-bond acceptors (Lipinski definition) is 7. The summed E-state index contributed by atoms with van der Waals surface area (Å²) in [6.45, 7) is 3.93. The Balaban J connectivity index is 1.77. The number of carbonyl (C=O) groups is 2. The fraction of sp³-hybridized carbons (Fsp3) is 0.368. The van der Waals surface area contributed by atoms with E-state index in [0.29, 0.717) is 42.9 Å². The van der Waals surface area contributed by atoms with Crippen LogP contribution in [0.3, 0.4) is 0 Å². The van der Waals surface area contributed by atoms with Gasteiger partial charge in [-0.15, -0.1) is 5.06 Å². The smallest absolute Gasteiger partial charge is 0.470 e. The summed E-state index contributed by atoms with van der Waals surface area (Å²) in [6, 6.07) is 7.53. The SMILES string of the molecule is CCOCCOCCOc1ccc2c3c(cccc13)C(=O)N(OSC(F)(F)F)C2=O. The Kier molecular flexibility index (Phi) is 7.19. The van der Waals surface area contributed by atoms with Crippen molar-refractivity contribution in [2.24, 2.45) is 0 Å². The molecular formula is C19H18F3NO6S. The number of imide groups is 1. The lowest BCUT2D eigenvalue weighted by molar-refractivity contribution is -0.0570. The summed E-state index contributed by atoms with van der Waals surface area (Å²) in [7, 11) is 0. The maximum atomic E-state index is 12.6. The lowest BCUT2D eigenvalue weighted by Gasteiger charge is -2.25. The van der Waals surface area contributed by atoms with Crippen LogP contribution >= 0.6 is 12.0 Å². The van der Waals surface area contributed by atoms with Crippen molar-refractivity contribution in [1.82, 2.24) is 5.06 Å². The van der Waals surface area contributed by atoms with Gasteiger partial charge in [0.1, 0.15) is 24.4 Å². The number of benzene rings is 2. The van der Waals surface area contributed by atoms with Crippen molar-refractivity contribution in [3.63, 3.8) is 0 Å². The normalized spacial score (nSPS) is 13.9. The minimum absolute atomic E-state index is 0.0447. The number of ether oxygens (including phenoxy) is 3. The van der Waals surface area contributed by atoms with E-state index >= 15 is 0 Å². The number of rotatable bonds is 10. The van der Waals surface area contributed by atoms with Crippen LogP contribution in [0.2, 0.25) is 0 Å². The van der Waals surface area contributed by atoms with Gasteiger partial charge in [0.2, 0.25) is 0 Å². The van der Waals surface area contributed by atoms with Crippen LogP contribution in [0.25, 0.3) is 10.8 Å². The number of hydrogen-bond donors (Lipinski definition) is 0. The van der Waals surface area contributed by atoms with Gasteiger partial charge >= 0.3 is 5.51 Å². The number of carbonyl (C=O) groups excluding carboxylic acids is 2. The molecule has 0 bridgehead atoms. The van der Waals surface area contributed by atoms with E-state index in [2.05, 4.69) is 4.28 Å². The molecule has 0 unspecified atom stereocenters. The van der Waals surface area contributed by atoms with Crippen molar-refractivity contribution in [3.8, 4) is 5.75 Å². The molecule has 2 aromatic rings. The monoisotopic (exact) mass is 445 g/mol. The molecule has 2 aromatic carbocycles. The molecule has 7 nitrogen and oxygen atoms in total. The summed E-state index contributed by atoms with van der Waals surface area (Å²) >= 11 is -0.928. The molecule has 0 aromatic heterocycles. The first-order valence-electron chi connectivity index (χ1n) is 8.99. The molecule has 30 heavy (non-hydrogen) atoms. The lowest BCUT2D eigenvalue weighted by atomic mass is 9.94. The second kappa shape index (κ2) is 9.65. The van der Waals surface area contributed by atoms with Crippen LogP contribution < -0.4 is 4.74 Å². The van der Waals surface area contributed by atoms with Gasteiger partial charge in [0.15, 0.2) is 0 Å². The quantitative estimate of drug-likeness (QED) is 0.311. The Bertz CT molecular complexity index is 914. The summed E-state index contributed by atoms with van der Waals surface area (Å²) in [4.78, 5) is 25.1. The van der Waals surface area contributed by atoms with Crippen molar-refractivity contribution in [1.29, 1.82) is 0 Å². The van der Waals surface area contributed by atoms with E-state index in [1.54, 1.807) is 12.1 Å². The minimum atomic E-state index is -4.77. The van der Waals surface area contributed by atoms with Gasteiger partial charge in [-0.05, 0) is 25.1 Å². The molecule has 0 atom stereocenters. The third-order valence-electron chi connectivity index (χ3n) is 4.10. The van der Waals surface area contributed by atoms with Gasteiger partial charge in [-0.1, -0.05) is 12.1 Å². The molecule has 0 spiro atoms. The highest BCUT2D eigenvalue weighted by Gasteiger charge is 2.39. The first kappa shape index (κ1) is 22.3. The number of nitrogens with zero attached hydrogens (tertiary/aromatic N) is 1. The molecule has 0 fully saturated rings. The van der Waals surface area contributed by atoms with Gasteiger partial charge in [-0.3, -0.25) is 9.59 Å². The average molecular weight is 445 g/mol.